The zero-order valence-corrected chi connectivity index (χ0v) is 10.5. The summed E-state index contributed by atoms with van der Waals surface area (Å²) < 4.78 is 0. The van der Waals surface area contributed by atoms with E-state index in [2.05, 4.69) is 4.98 Å². The van der Waals surface area contributed by atoms with Gasteiger partial charge in [0, 0.05) is 6.20 Å². The van der Waals surface area contributed by atoms with E-state index in [-0.39, 0.29) is 5.56 Å². The van der Waals surface area contributed by atoms with Crippen LogP contribution in [0.5, 0.6) is 0 Å². The van der Waals surface area contributed by atoms with Crippen molar-refractivity contribution in [3.63, 3.8) is 0 Å². The summed E-state index contributed by atoms with van der Waals surface area (Å²) in [4.78, 5) is 25.0. The Bertz CT molecular complexity index is 859. The maximum atomic E-state index is 11.5. The lowest BCUT2D eigenvalue weighted by Crippen LogP contribution is -2.16. The third-order valence-electron chi connectivity index (χ3n) is 3.23. The number of rotatable bonds is 2. The van der Waals surface area contributed by atoms with E-state index in [0.717, 1.165) is 16.3 Å². The summed E-state index contributed by atoms with van der Waals surface area (Å²) in [5.41, 5.74) is 0.720. The van der Waals surface area contributed by atoms with Crippen LogP contribution in [0.2, 0.25) is 0 Å². The summed E-state index contributed by atoms with van der Waals surface area (Å²) in [7, 11) is 0. The lowest BCUT2D eigenvalue weighted by molar-refractivity contribution is 0.0695. The molecule has 0 amide bonds. The molecule has 2 N–H and O–H groups in total. The molecule has 3 aromatic rings. The molecule has 0 saturated carbocycles. The zero-order valence-electron chi connectivity index (χ0n) is 10.5. The third kappa shape index (κ3) is 1.97. The van der Waals surface area contributed by atoms with Crippen LogP contribution in [-0.2, 0) is 0 Å². The van der Waals surface area contributed by atoms with Crippen LogP contribution in [0.4, 0.5) is 0 Å². The van der Waals surface area contributed by atoms with Crippen molar-refractivity contribution in [2.24, 2.45) is 0 Å². The van der Waals surface area contributed by atoms with Crippen LogP contribution < -0.4 is 5.56 Å². The first kappa shape index (κ1) is 12.2. The Morgan fingerprint density at radius 3 is 2.60 bits per heavy atom. The minimum absolute atomic E-state index is 0.254. The number of carboxylic acids is 1. The van der Waals surface area contributed by atoms with Crippen molar-refractivity contribution in [3.8, 4) is 11.1 Å². The molecule has 0 aliphatic rings. The number of carboxylic acid groups (broad SMARTS) is 1. The molecule has 3 rings (SSSR count). The first-order valence-corrected chi connectivity index (χ1v) is 6.11. The number of carbonyl (C=O) groups is 1. The fourth-order valence-electron chi connectivity index (χ4n) is 2.28. The summed E-state index contributed by atoms with van der Waals surface area (Å²) in [5.74, 6) is -1.23. The normalized spacial score (nSPS) is 10.6. The van der Waals surface area contributed by atoms with Crippen LogP contribution in [0.15, 0.2) is 59.5 Å². The minimum atomic E-state index is -1.23. The average Bonchev–Trinajstić information content (AvgIpc) is 2.47. The lowest BCUT2D eigenvalue weighted by atomic mass is 9.99. The Labute approximate surface area is 114 Å². The molecule has 4 heteroatoms. The molecule has 4 nitrogen and oxygen atoms in total. The summed E-state index contributed by atoms with van der Waals surface area (Å²) >= 11 is 0. The molecular formula is C16H11NO3. The SMILES string of the molecule is O=C(O)c1cc(-c2cccc3ccccc23)c[nH]c1=O. The molecular weight excluding hydrogens is 254 g/mol. The van der Waals surface area contributed by atoms with Gasteiger partial charge in [-0.3, -0.25) is 4.79 Å². The van der Waals surface area contributed by atoms with E-state index < -0.39 is 11.5 Å². The van der Waals surface area contributed by atoms with Crippen LogP contribution in [-0.4, -0.2) is 16.1 Å². The van der Waals surface area contributed by atoms with Gasteiger partial charge in [0.15, 0.2) is 0 Å². The Morgan fingerprint density at radius 2 is 1.80 bits per heavy atom. The van der Waals surface area contributed by atoms with Crippen LogP contribution in [0.3, 0.4) is 0 Å². The molecule has 0 fully saturated rings. The number of benzene rings is 2. The van der Waals surface area contributed by atoms with Crippen molar-refractivity contribution < 1.29 is 9.90 Å². The molecule has 0 saturated heterocycles. The molecule has 0 atom stereocenters. The van der Waals surface area contributed by atoms with Gasteiger partial charge >= 0.3 is 5.97 Å². The Kier molecular flexibility index (Phi) is 2.84. The largest absolute Gasteiger partial charge is 0.477 e. The van der Waals surface area contributed by atoms with Gasteiger partial charge in [-0.25, -0.2) is 4.79 Å². The molecule has 0 aliphatic carbocycles. The topological polar surface area (TPSA) is 70.2 Å². The van der Waals surface area contributed by atoms with Gasteiger partial charge in [0.2, 0.25) is 0 Å². The van der Waals surface area contributed by atoms with Gasteiger partial charge in [0.1, 0.15) is 5.56 Å². The number of aromatic nitrogens is 1. The molecule has 2 aromatic carbocycles. The van der Waals surface area contributed by atoms with Crippen molar-refractivity contribution >= 4 is 16.7 Å². The summed E-state index contributed by atoms with van der Waals surface area (Å²) in [5, 5.41) is 11.1. The molecule has 0 aliphatic heterocycles. The highest BCUT2D eigenvalue weighted by atomic mass is 16.4. The zero-order chi connectivity index (χ0) is 14.1. The highest BCUT2D eigenvalue weighted by Gasteiger charge is 2.11. The maximum Gasteiger partial charge on any atom is 0.341 e. The van der Waals surface area contributed by atoms with Crippen molar-refractivity contribution in [3.05, 3.63) is 70.6 Å². The van der Waals surface area contributed by atoms with Crippen molar-refractivity contribution in [1.82, 2.24) is 4.98 Å². The van der Waals surface area contributed by atoms with Gasteiger partial charge in [-0.05, 0) is 28.0 Å². The number of hydrogen-bond acceptors (Lipinski definition) is 2. The second-order valence-electron chi connectivity index (χ2n) is 4.46. The molecule has 0 spiro atoms. The van der Waals surface area contributed by atoms with Gasteiger partial charge < -0.3 is 10.1 Å². The standard InChI is InChI=1S/C16H11NO3/c18-15-14(16(19)20)8-11(9-17-15)13-7-3-5-10-4-1-2-6-12(10)13/h1-9H,(H,17,18)(H,19,20). The number of H-pyrrole nitrogens is 1. The number of nitrogens with one attached hydrogen (secondary N) is 1. The molecule has 0 unspecified atom stereocenters. The van der Waals surface area contributed by atoms with E-state index in [0.29, 0.717) is 5.56 Å². The van der Waals surface area contributed by atoms with Gasteiger partial charge in [0.05, 0.1) is 0 Å². The van der Waals surface area contributed by atoms with E-state index in [1.807, 2.05) is 42.5 Å². The van der Waals surface area contributed by atoms with E-state index in [1.165, 1.54) is 12.3 Å². The third-order valence-corrected chi connectivity index (χ3v) is 3.23. The number of aromatic carboxylic acids is 1. The molecule has 20 heavy (non-hydrogen) atoms. The smallest absolute Gasteiger partial charge is 0.341 e. The first-order valence-electron chi connectivity index (χ1n) is 6.11. The van der Waals surface area contributed by atoms with Crippen LogP contribution in [0, 0.1) is 0 Å². The summed E-state index contributed by atoms with van der Waals surface area (Å²) in [6.07, 6.45) is 1.54. The maximum absolute atomic E-state index is 11.5. The lowest BCUT2D eigenvalue weighted by Gasteiger charge is -2.07. The first-order chi connectivity index (χ1) is 9.66. The van der Waals surface area contributed by atoms with Gasteiger partial charge in [-0.1, -0.05) is 42.5 Å². The monoisotopic (exact) mass is 265 g/mol. The van der Waals surface area contributed by atoms with E-state index in [1.54, 1.807) is 0 Å². The van der Waals surface area contributed by atoms with Crippen LogP contribution in [0.25, 0.3) is 21.9 Å². The van der Waals surface area contributed by atoms with E-state index >= 15 is 0 Å². The van der Waals surface area contributed by atoms with Gasteiger partial charge in [0.25, 0.3) is 5.56 Å². The molecule has 1 aromatic heterocycles. The number of pyridine rings is 1. The Balaban J connectivity index is 2.29. The second-order valence-corrected chi connectivity index (χ2v) is 4.46. The van der Waals surface area contributed by atoms with Crippen molar-refractivity contribution in [2.75, 3.05) is 0 Å². The molecule has 0 radical (unpaired) electrons. The average molecular weight is 265 g/mol. The van der Waals surface area contributed by atoms with Gasteiger partial charge in [-0.15, -0.1) is 0 Å². The van der Waals surface area contributed by atoms with E-state index in [4.69, 9.17) is 5.11 Å². The number of fused-ring (bicyclic) bond motifs is 1. The minimum Gasteiger partial charge on any atom is -0.477 e. The van der Waals surface area contributed by atoms with E-state index in [9.17, 15) is 9.59 Å². The second kappa shape index (κ2) is 4.66. The Hall–Kier alpha value is -2.88. The van der Waals surface area contributed by atoms with Crippen LogP contribution in [0.1, 0.15) is 10.4 Å². The summed E-state index contributed by atoms with van der Waals surface area (Å²) in [6, 6.07) is 15.0. The van der Waals surface area contributed by atoms with Crippen molar-refractivity contribution in [2.45, 2.75) is 0 Å². The summed E-state index contributed by atoms with van der Waals surface area (Å²) in [6.45, 7) is 0. The predicted molar refractivity (Wildman–Crippen MR) is 77.0 cm³/mol. The van der Waals surface area contributed by atoms with Crippen molar-refractivity contribution in [1.29, 1.82) is 0 Å². The highest BCUT2D eigenvalue weighted by molar-refractivity contribution is 5.97. The highest BCUT2D eigenvalue weighted by Crippen LogP contribution is 2.27. The quantitative estimate of drug-likeness (QED) is 0.748. The molecule has 98 valence electrons. The molecule has 1 heterocycles. The van der Waals surface area contributed by atoms with Gasteiger partial charge in [-0.2, -0.15) is 0 Å². The molecule has 0 bridgehead atoms. The fourth-order valence-corrected chi connectivity index (χ4v) is 2.28. The van der Waals surface area contributed by atoms with Crippen LogP contribution >= 0.6 is 0 Å². The number of hydrogen-bond donors (Lipinski definition) is 2. The fraction of sp³-hybridized carbons (Fsp3) is 0. The Morgan fingerprint density at radius 1 is 1.05 bits per heavy atom. The predicted octanol–water partition coefficient (Wildman–Crippen LogP) is 2.89. The number of aromatic amines is 1.